The number of ketones is 1. The molecule has 222 valence electrons. The van der Waals surface area contributed by atoms with Crippen LogP contribution in [0.1, 0.15) is 26.5 Å². The fourth-order valence-corrected chi connectivity index (χ4v) is 6.80. The van der Waals surface area contributed by atoms with Gasteiger partial charge in [-0.3, -0.25) is 9.59 Å². The average molecular weight is 590 g/mol. The Morgan fingerprint density at radius 3 is 2.16 bits per heavy atom. The van der Waals surface area contributed by atoms with E-state index in [1.807, 2.05) is 42.5 Å². The molecular weight excluding hydrogens is 558 g/mol. The SMILES string of the molecule is COc1ccccc1N1CCN(c2cc(N3CCN(C(=O)c4ccco4)CC3)c3c4c(onc24)-c2ccccc2C3=O)CC1. The first-order valence-electron chi connectivity index (χ1n) is 14.9. The fourth-order valence-electron chi connectivity index (χ4n) is 6.80. The van der Waals surface area contributed by atoms with Crippen molar-refractivity contribution in [3.63, 3.8) is 0 Å². The Kier molecular flexibility index (Phi) is 6.28. The Balaban J connectivity index is 1.16. The lowest BCUT2D eigenvalue weighted by molar-refractivity contribution is 0.0714. The van der Waals surface area contributed by atoms with Gasteiger partial charge in [-0.2, -0.15) is 0 Å². The van der Waals surface area contributed by atoms with Crippen LogP contribution >= 0.6 is 0 Å². The summed E-state index contributed by atoms with van der Waals surface area (Å²) < 4.78 is 17.0. The molecule has 0 saturated carbocycles. The maximum absolute atomic E-state index is 14.1. The predicted molar refractivity (Wildman–Crippen MR) is 167 cm³/mol. The zero-order valence-electron chi connectivity index (χ0n) is 24.4. The third-order valence-electron chi connectivity index (χ3n) is 9.04. The van der Waals surface area contributed by atoms with Gasteiger partial charge in [0, 0.05) is 63.5 Å². The number of anilines is 3. The number of fused-ring (bicyclic) bond motifs is 2. The van der Waals surface area contributed by atoms with E-state index < -0.39 is 0 Å². The molecule has 0 N–H and O–H groups in total. The zero-order chi connectivity index (χ0) is 29.8. The predicted octanol–water partition coefficient (Wildman–Crippen LogP) is 4.93. The number of carbonyl (C=O) groups is 2. The molecule has 2 fully saturated rings. The first-order chi connectivity index (χ1) is 21.6. The van der Waals surface area contributed by atoms with Gasteiger partial charge in [0.05, 0.1) is 41.4 Å². The molecule has 2 aromatic heterocycles. The number of rotatable bonds is 5. The van der Waals surface area contributed by atoms with Gasteiger partial charge in [0.25, 0.3) is 5.91 Å². The van der Waals surface area contributed by atoms with Gasteiger partial charge in [-0.1, -0.05) is 41.6 Å². The van der Waals surface area contributed by atoms with Crippen molar-refractivity contribution < 1.29 is 23.3 Å². The summed E-state index contributed by atoms with van der Waals surface area (Å²) in [7, 11) is 1.70. The van der Waals surface area contributed by atoms with Crippen LogP contribution < -0.4 is 19.4 Å². The lowest BCUT2D eigenvalue weighted by Gasteiger charge is -2.40. The molecule has 0 bridgehead atoms. The van der Waals surface area contributed by atoms with Crippen molar-refractivity contribution in [1.29, 1.82) is 0 Å². The second-order valence-corrected chi connectivity index (χ2v) is 11.3. The molecule has 3 aliphatic rings. The largest absolute Gasteiger partial charge is 0.495 e. The van der Waals surface area contributed by atoms with Gasteiger partial charge >= 0.3 is 0 Å². The molecule has 1 aliphatic carbocycles. The van der Waals surface area contributed by atoms with Crippen LogP contribution in [0.15, 0.2) is 81.9 Å². The number of hydrogen-bond acceptors (Lipinski definition) is 9. The molecule has 1 amide bonds. The summed E-state index contributed by atoms with van der Waals surface area (Å²) in [5.74, 6) is 1.68. The number of nitrogens with zero attached hydrogens (tertiary/aromatic N) is 5. The minimum Gasteiger partial charge on any atom is -0.495 e. The molecule has 5 aromatic rings. The number of para-hydroxylation sites is 2. The molecule has 4 heterocycles. The highest BCUT2D eigenvalue weighted by molar-refractivity contribution is 6.28. The summed E-state index contributed by atoms with van der Waals surface area (Å²) in [6.07, 6.45) is 1.52. The molecule has 0 unspecified atom stereocenters. The van der Waals surface area contributed by atoms with Gasteiger partial charge in [0.2, 0.25) is 0 Å². The molecule has 8 rings (SSSR count). The fraction of sp³-hybridized carbons (Fsp3) is 0.265. The highest BCUT2D eigenvalue weighted by Crippen LogP contribution is 2.47. The molecule has 2 aliphatic heterocycles. The van der Waals surface area contributed by atoms with Crippen LogP contribution in [-0.2, 0) is 0 Å². The van der Waals surface area contributed by atoms with Gasteiger partial charge in [0.15, 0.2) is 17.3 Å². The molecule has 0 spiro atoms. The number of furan rings is 1. The highest BCUT2D eigenvalue weighted by atomic mass is 16.5. The van der Waals surface area contributed by atoms with Crippen molar-refractivity contribution in [2.75, 3.05) is 74.2 Å². The van der Waals surface area contributed by atoms with Gasteiger partial charge in [-0.15, -0.1) is 0 Å². The third-order valence-corrected chi connectivity index (χ3v) is 9.04. The summed E-state index contributed by atoms with van der Waals surface area (Å²) in [5.41, 5.74) is 5.60. The summed E-state index contributed by atoms with van der Waals surface area (Å²) >= 11 is 0. The zero-order valence-corrected chi connectivity index (χ0v) is 24.4. The number of amides is 1. The van der Waals surface area contributed by atoms with Crippen molar-refractivity contribution >= 4 is 39.7 Å². The van der Waals surface area contributed by atoms with Crippen LogP contribution in [0.3, 0.4) is 0 Å². The summed E-state index contributed by atoms with van der Waals surface area (Å²) in [6.45, 7) is 5.35. The number of carbonyl (C=O) groups excluding carboxylic acids is 2. The lowest BCUT2D eigenvalue weighted by atomic mass is 9.86. The smallest absolute Gasteiger partial charge is 0.289 e. The van der Waals surface area contributed by atoms with E-state index in [1.54, 1.807) is 24.1 Å². The monoisotopic (exact) mass is 589 g/mol. The number of methoxy groups -OCH3 is 1. The van der Waals surface area contributed by atoms with E-state index in [1.165, 1.54) is 6.26 Å². The van der Waals surface area contributed by atoms with E-state index in [0.717, 1.165) is 59.9 Å². The normalized spacial score (nSPS) is 16.4. The third kappa shape index (κ3) is 4.12. The number of hydrogen-bond donors (Lipinski definition) is 0. The number of ether oxygens (including phenoxy) is 1. The number of benzene rings is 3. The number of aromatic nitrogens is 1. The topological polar surface area (TPSA) is 95.5 Å². The summed E-state index contributed by atoms with van der Waals surface area (Å²) in [4.78, 5) is 35.8. The van der Waals surface area contributed by atoms with Gasteiger partial charge in [0.1, 0.15) is 11.3 Å². The quantitative estimate of drug-likeness (QED) is 0.277. The van der Waals surface area contributed by atoms with Crippen LogP contribution in [0.5, 0.6) is 5.75 Å². The van der Waals surface area contributed by atoms with Crippen molar-refractivity contribution in [3.05, 3.63) is 89.9 Å². The molecular formula is C34H31N5O5. The Bertz CT molecular complexity index is 1880. The first kappa shape index (κ1) is 26.4. The van der Waals surface area contributed by atoms with Crippen LogP contribution in [-0.4, -0.2) is 81.2 Å². The van der Waals surface area contributed by atoms with Crippen LogP contribution in [0.4, 0.5) is 17.1 Å². The Hall–Kier alpha value is -5.25. The molecule has 3 aromatic carbocycles. The van der Waals surface area contributed by atoms with Gasteiger partial charge in [-0.05, 0) is 30.3 Å². The lowest BCUT2D eigenvalue weighted by Crippen LogP contribution is -2.49. The second kappa shape index (κ2) is 10.5. The van der Waals surface area contributed by atoms with E-state index in [0.29, 0.717) is 54.3 Å². The molecule has 10 heteroatoms. The second-order valence-electron chi connectivity index (χ2n) is 11.3. The van der Waals surface area contributed by atoms with Crippen molar-refractivity contribution in [1.82, 2.24) is 10.1 Å². The van der Waals surface area contributed by atoms with E-state index in [-0.39, 0.29) is 11.7 Å². The van der Waals surface area contributed by atoms with Crippen molar-refractivity contribution in [3.8, 4) is 17.1 Å². The minimum absolute atomic E-state index is 0.0297. The summed E-state index contributed by atoms with van der Waals surface area (Å²) in [6, 6.07) is 21.2. The Morgan fingerprint density at radius 2 is 1.43 bits per heavy atom. The van der Waals surface area contributed by atoms with E-state index >= 15 is 0 Å². The van der Waals surface area contributed by atoms with Crippen molar-refractivity contribution in [2.45, 2.75) is 0 Å². The Labute approximate surface area is 254 Å². The molecule has 2 saturated heterocycles. The molecule has 0 atom stereocenters. The number of piperazine rings is 2. The average Bonchev–Trinajstić information content (AvgIpc) is 3.79. The highest BCUT2D eigenvalue weighted by Gasteiger charge is 2.36. The van der Waals surface area contributed by atoms with E-state index in [9.17, 15) is 9.59 Å². The standard InChI is InChI=1S/C34H31N5O5/c1-42-27-10-5-4-9-24(27)36-12-14-38(15-13-36)26-21-25(37-16-18-39(19-17-37)34(41)28-11-6-20-43-28)29-30-31(26)35-44-33(30)23-8-3-2-7-22(23)32(29)40/h2-11,20-21H,12-19H2,1H3. The molecule has 44 heavy (non-hydrogen) atoms. The van der Waals surface area contributed by atoms with Crippen LogP contribution in [0.25, 0.3) is 22.2 Å². The van der Waals surface area contributed by atoms with E-state index in [2.05, 4.69) is 32.0 Å². The van der Waals surface area contributed by atoms with Gasteiger partial charge in [-0.25, -0.2) is 0 Å². The van der Waals surface area contributed by atoms with Crippen molar-refractivity contribution in [2.24, 2.45) is 0 Å². The molecule has 0 radical (unpaired) electrons. The summed E-state index contributed by atoms with van der Waals surface area (Å²) in [5, 5.41) is 5.34. The maximum Gasteiger partial charge on any atom is 0.289 e. The minimum atomic E-state index is -0.119. The van der Waals surface area contributed by atoms with Gasteiger partial charge < -0.3 is 33.3 Å². The maximum atomic E-state index is 14.1. The first-order valence-corrected chi connectivity index (χ1v) is 14.9. The van der Waals surface area contributed by atoms with E-state index in [4.69, 9.17) is 13.7 Å². The Morgan fingerprint density at radius 1 is 0.773 bits per heavy atom. The van der Waals surface area contributed by atoms with Crippen LogP contribution in [0.2, 0.25) is 0 Å². The molecule has 10 nitrogen and oxygen atoms in total. The van der Waals surface area contributed by atoms with Crippen LogP contribution in [0, 0.1) is 0 Å².